The summed E-state index contributed by atoms with van der Waals surface area (Å²) in [7, 11) is 2.11. The highest BCUT2D eigenvalue weighted by Gasteiger charge is 2.09. The average Bonchev–Trinajstić information content (AvgIpc) is 3.21. The molecule has 0 saturated heterocycles. The van der Waals surface area contributed by atoms with Gasteiger partial charge in [-0.2, -0.15) is 5.10 Å². The number of aromatic nitrogens is 2. The summed E-state index contributed by atoms with van der Waals surface area (Å²) < 4.78 is 7.78. The summed E-state index contributed by atoms with van der Waals surface area (Å²) >= 11 is 0. The van der Waals surface area contributed by atoms with E-state index in [4.69, 9.17) is 4.74 Å². The van der Waals surface area contributed by atoms with Gasteiger partial charge in [-0.25, -0.2) is 4.79 Å². The van der Waals surface area contributed by atoms with Crippen molar-refractivity contribution in [3.63, 3.8) is 0 Å². The van der Waals surface area contributed by atoms with Crippen LogP contribution < -0.4 is 15.4 Å². The van der Waals surface area contributed by atoms with E-state index in [1.165, 1.54) is 0 Å². The van der Waals surface area contributed by atoms with Gasteiger partial charge in [0.2, 0.25) is 0 Å². The molecule has 1 heterocycles. The molecule has 0 spiro atoms. The number of fused-ring (bicyclic) bond motifs is 1. The Bertz CT molecular complexity index is 1200. The van der Waals surface area contributed by atoms with Crippen LogP contribution in [0.3, 0.4) is 0 Å². The van der Waals surface area contributed by atoms with Gasteiger partial charge in [0, 0.05) is 29.3 Å². The molecule has 2 amide bonds. The van der Waals surface area contributed by atoms with Crippen LogP contribution in [0.15, 0.2) is 79.0 Å². The number of nitrogens with zero attached hydrogens (tertiary/aromatic N) is 3. The molecular weight excluding hydrogens is 414 g/mol. The molecule has 0 bridgehead atoms. The number of amides is 2. The minimum absolute atomic E-state index is 0.308. The summed E-state index contributed by atoms with van der Waals surface area (Å²) in [5, 5.41) is 11.2. The van der Waals surface area contributed by atoms with Gasteiger partial charge < -0.3 is 20.3 Å². The fourth-order valence-electron chi connectivity index (χ4n) is 3.38. The number of ether oxygens (including phenoxy) is 1. The third kappa shape index (κ3) is 5.90. The largest absolute Gasteiger partial charge is 0.457 e. The van der Waals surface area contributed by atoms with Gasteiger partial charge in [0.05, 0.1) is 18.3 Å². The molecule has 7 nitrogen and oxygen atoms in total. The highest BCUT2D eigenvalue weighted by molar-refractivity contribution is 6.01. The molecule has 0 fully saturated rings. The van der Waals surface area contributed by atoms with Crippen molar-refractivity contribution < 1.29 is 9.53 Å². The number of urea groups is 1. The summed E-state index contributed by atoms with van der Waals surface area (Å²) in [5.41, 5.74) is 2.44. The fraction of sp³-hybridized carbons (Fsp3) is 0.231. The second-order valence-electron chi connectivity index (χ2n) is 8.23. The van der Waals surface area contributed by atoms with E-state index in [1.54, 1.807) is 12.1 Å². The van der Waals surface area contributed by atoms with Crippen LogP contribution >= 0.6 is 0 Å². The monoisotopic (exact) mass is 443 g/mol. The lowest BCUT2D eigenvalue weighted by atomic mass is 10.2. The van der Waals surface area contributed by atoms with Crippen LogP contribution in [0.2, 0.25) is 0 Å². The average molecular weight is 444 g/mol. The second-order valence-corrected chi connectivity index (χ2v) is 8.23. The first-order valence-electron chi connectivity index (χ1n) is 11.0. The summed E-state index contributed by atoms with van der Waals surface area (Å²) in [6.45, 7) is 6.09. The maximum atomic E-state index is 12.5. The summed E-state index contributed by atoms with van der Waals surface area (Å²) in [6.07, 6.45) is 1.83. The van der Waals surface area contributed by atoms with Crippen molar-refractivity contribution >= 4 is 28.3 Å². The van der Waals surface area contributed by atoms with Crippen molar-refractivity contribution in [3.8, 4) is 11.5 Å². The van der Waals surface area contributed by atoms with E-state index in [0.717, 1.165) is 29.7 Å². The normalized spacial score (nSPS) is 11.2. The van der Waals surface area contributed by atoms with E-state index >= 15 is 0 Å². The number of hydrogen-bond acceptors (Lipinski definition) is 4. The lowest BCUT2D eigenvalue weighted by Crippen LogP contribution is -2.29. The maximum absolute atomic E-state index is 12.5. The topological polar surface area (TPSA) is 71.4 Å². The van der Waals surface area contributed by atoms with Crippen molar-refractivity contribution in [1.82, 2.24) is 14.7 Å². The second kappa shape index (κ2) is 10.2. The van der Waals surface area contributed by atoms with Crippen molar-refractivity contribution in [2.75, 3.05) is 24.2 Å². The zero-order valence-electron chi connectivity index (χ0n) is 19.2. The number of hydrogen-bond donors (Lipinski definition) is 2. The van der Waals surface area contributed by atoms with Gasteiger partial charge in [-0.15, -0.1) is 0 Å². The maximum Gasteiger partial charge on any atom is 0.323 e. The van der Waals surface area contributed by atoms with E-state index in [9.17, 15) is 4.79 Å². The number of nitrogens with one attached hydrogen (secondary N) is 2. The Morgan fingerprint density at radius 2 is 1.64 bits per heavy atom. The molecule has 3 aromatic carbocycles. The van der Waals surface area contributed by atoms with E-state index in [2.05, 4.69) is 41.5 Å². The van der Waals surface area contributed by atoms with E-state index in [1.807, 2.05) is 71.5 Å². The van der Waals surface area contributed by atoms with Gasteiger partial charge in [-0.1, -0.05) is 18.2 Å². The standard InChI is InChI=1S/C26H29N5O2/c1-19(2)30(3)15-16-31-25-14-11-22(17-20(25)18-27-31)29-26(32)28-21-9-12-24(13-10-21)33-23-7-5-4-6-8-23/h4-14,17-19H,15-16H2,1-3H3,(H2,28,29,32). The number of benzene rings is 3. The van der Waals surface area contributed by atoms with E-state index in [0.29, 0.717) is 23.2 Å². The van der Waals surface area contributed by atoms with Crippen LogP contribution in [-0.4, -0.2) is 40.3 Å². The number of rotatable bonds is 8. The Morgan fingerprint density at radius 1 is 0.970 bits per heavy atom. The van der Waals surface area contributed by atoms with E-state index in [-0.39, 0.29) is 6.03 Å². The molecule has 4 aromatic rings. The van der Waals surface area contributed by atoms with Gasteiger partial charge in [-0.05, 0) is 75.5 Å². The minimum Gasteiger partial charge on any atom is -0.457 e. The Hall–Kier alpha value is -3.84. The molecule has 0 saturated carbocycles. The third-order valence-electron chi connectivity index (χ3n) is 5.54. The summed E-state index contributed by atoms with van der Waals surface area (Å²) in [5.74, 6) is 1.47. The molecule has 1 aromatic heterocycles. The van der Waals surface area contributed by atoms with Crippen LogP contribution in [0.5, 0.6) is 11.5 Å². The lowest BCUT2D eigenvalue weighted by molar-refractivity contribution is 0.260. The number of para-hydroxylation sites is 1. The van der Waals surface area contributed by atoms with Crippen LogP contribution in [0, 0.1) is 0 Å². The van der Waals surface area contributed by atoms with Gasteiger partial charge in [-0.3, -0.25) is 4.68 Å². The van der Waals surface area contributed by atoms with Gasteiger partial charge in [0.25, 0.3) is 0 Å². The number of carbonyl (C=O) groups is 1. The lowest BCUT2D eigenvalue weighted by Gasteiger charge is -2.20. The zero-order chi connectivity index (χ0) is 23.2. The first kappa shape index (κ1) is 22.4. The molecule has 0 aliphatic heterocycles. The van der Waals surface area contributed by atoms with Gasteiger partial charge in [0.15, 0.2) is 0 Å². The fourth-order valence-corrected chi connectivity index (χ4v) is 3.38. The predicted molar refractivity (Wildman–Crippen MR) is 133 cm³/mol. The molecule has 33 heavy (non-hydrogen) atoms. The molecule has 0 radical (unpaired) electrons. The summed E-state index contributed by atoms with van der Waals surface area (Å²) in [6, 6.07) is 22.8. The molecule has 170 valence electrons. The first-order chi connectivity index (χ1) is 16.0. The van der Waals surface area contributed by atoms with Crippen molar-refractivity contribution in [1.29, 1.82) is 0 Å². The molecule has 0 aliphatic carbocycles. The van der Waals surface area contributed by atoms with Crippen molar-refractivity contribution in [3.05, 3.63) is 79.0 Å². The quantitative estimate of drug-likeness (QED) is 0.360. The van der Waals surface area contributed by atoms with Crippen LogP contribution in [0.1, 0.15) is 13.8 Å². The van der Waals surface area contributed by atoms with Crippen LogP contribution in [-0.2, 0) is 6.54 Å². The van der Waals surface area contributed by atoms with Crippen molar-refractivity contribution in [2.24, 2.45) is 0 Å². The van der Waals surface area contributed by atoms with Gasteiger partial charge >= 0.3 is 6.03 Å². The highest BCUT2D eigenvalue weighted by atomic mass is 16.5. The third-order valence-corrected chi connectivity index (χ3v) is 5.54. The zero-order valence-corrected chi connectivity index (χ0v) is 19.2. The van der Waals surface area contributed by atoms with E-state index < -0.39 is 0 Å². The molecule has 2 N–H and O–H groups in total. The Labute approximate surface area is 194 Å². The number of anilines is 2. The van der Waals surface area contributed by atoms with Crippen LogP contribution in [0.4, 0.5) is 16.2 Å². The molecule has 0 unspecified atom stereocenters. The van der Waals surface area contributed by atoms with Crippen molar-refractivity contribution in [2.45, 2.75) is 26.4 Å². The van der Waals surface area contributed by atoms with Crippen LogP contribution in [0.25, 0.3) is 10.9 Å². The Kier molecular flexibility index (Phi) is 6.90. The van der Waals surface area contributed by atoms with Gasteiger partial charge in [0.1, 0.15) is 11.5 Å². The molecule has 7 heteroatoms. The predicted octanol–water partition coefficient (Wildman–Crippen LogP) is 5.81. The Balaban J connectivity index is 1.34. The SMILES string of the molecule is CC(C)N(C)CCn1ncc2cc(NC(=O)Nc3ccc(Oc4ccccc4)cc3)ccc21. The summed E-state index contributed by atoms with van der Waals surface area (Å²) in [4.78, 5) is 14.7. The minimum atomic E-state index is -0.308. The first-order valence-corrected chi connectivity index (χ1v) is 11.0. The Morgan fingerprint density at radius 3 is 2.36 bits per heavy atom. The number of likely N-dealkylation sites (N-methyl/N-ethyl adjacent to an activating group) is 1. The molecule has 0 aliphatic rings. The molecule has 0 atom stereocenters. The molecular formula is C26H29N5O2. The smallest absolute Gasteiger partial charge is 0.323 e. The highest BCUT2D eigenvalue weighted by Crippen LogP contribution is 2.23. The number of carbonyl (C=O) groups excluding carboxylic acids is 1. The molecule has 4 rings (SSSR count).